The molecule has 2 aromatic carbocycles. The number of piperazine rings is 1. The zero-order valence-corrected chi connectivity index (χ0v) is 17.8. The van der Waals surface area contributed by atoms with Crippen LogP contribution in [0.15, 0.2) is 91.1 Å². The van der Waals surface area contributed by atoms with Crippen molar-refractivity contribution in [3.63, 3.8) is 0 Å². The van der Waals surface area contributed by atoms with E-state index in [0.717, 1.165) is 41.4 Å². The Labute approximate surface area is 187 Å². The summed E-state index contributed by atoms with van der Waals surface area (Å²) in [6.45, 7) is 3.15. The number of carbonyl (C=O) groups is 1. The lowest BCUT2D eigenvalue weighted by molar-refractivity contribution is -0.132. The molecule has 0 aliphatic carbocycles. The molecule has 1 saturated heterocycles. The van der Waals surface area contributed by atoms with Crippen molar-refractivity contribution in [3.05, 3.63) is 91.1 Å². The molecule has 6 nitrogen and oxygen atoms in total. The zero-order valence-electron chi connectivity index (χ0n) is 17.8. The standard InChI is InChI=1S/C26H25N5O/c32-26(30-17-15-29(16-18-30)25-13-7-8-14-27-25)20-31-24(22-11-5-2-6-12-22)19-23(28-31)21-9-3-1-4-10-21/h1-14,19H,15-18,20H2. The maximum atomic E-state index is 13.2. The average Bonchev–Trinajstić information content (AvgIpc) is 3.29. The van der Waals surface area contributed by atoms with Crippen molar-refractivity contribution in [1.82, 2.24) is 19.7 Å². The number of aromatic nitrogens is 3. The van der Waals surface area contributed by atoms with E-state index in [1.165, 1.54) is 0 Å². The van der Waals surface area contributed by atoms with Crippen molar-refractivity contribution >= 4 is 11.7 Å². The number of anilines is 1. The number of hydrogen-bond acceptors (Lipinski definition) is 4. The van der Waals surface area contributed by atoms with Crippen LogP contribution >= 0.6 is 0 Å². The fourth-order valence-electron chi connectivity index (χ4n) is 4.08. The molecule has 0 spiro atoms. The van der Waals surface area contributed by atoms with Crippen LogP contribution < -0.4 is 4.90 Å². The third-order valence-corrected chi connectivity index (χ3v) is 5.81. The highest BCUT2D eigenvalue weighted by molar-refractivity contribution is 5.78. The fraction of sp³-hybridized carbons (Fsp3) is 0.192. The highest BCUT2D eigenvalue weighted by Gasteiger charge is 2.23. The van der Waals surface area contributed by atoms with Crippen molar-refractivity contribution in [3.8, 4) is 22.5 Å². The van der Waals surface area contributed by atoms with E-state index in [-0.39, 0.29) is 12.5 Å². The van der Waals surface area contributed by atoms with E-state index in [4.69, 9.17) is 5.10 Å². The highest BCUT2D eigenvalue weighted by atomic mass is 16.2. The summed E-state index contributed by atoms with van der Waals surface area (Å²) >= 11 is 0. The summed E-state index contributed by atoms with van der Waals surface area (Å²) in [7, 11) is 0. The molecule has 2 aromatic heterocycles. The number of rotatable bonds is 5. The lowest BCUT2D eigenvalue weighted by atomic mass is 10.1. The molecule has 1 aliphatic heterocycles. The van der Waals surface area contributed by atoms with E-state index in [1.807, 2.05) is 76.3 Å². The van der Waals surface area contributed by atoms with Gasteiger partial charge in [-0.05, 0) is 23.8 Å². The number of pyridine rings is 1. The van der Waals surface area contributed by atoms with Crippen molar-refractivity contribution in [2.75, 3.05) is 31.1 Å². The second-order valence-electron chi connectivity index (χ2n) is 7.86. The summed E-state index contributed by atoms with van der Waals surface area (Å²) in [5, 5.41) is 4.80. The van der Waals surface area contributed by atoms with E-state index < -0.39 is 0 Å². The van der Waals surface area contributed by atoms with Crippen molar-refractivity contribution in [2.45, 2.75) is 6.54 Å². The molecule has 4 aromatic rings. The van der Waals surface area contributed by atoms with Gasteiger partial charge in [-0.3, -0.25) is 9.48 Å². The van der Waals surface area contributed by atoms with Crippen LogP contribution in [-0.2, 0) is 11.3 Å². The highest BCUT2D eigenvalue weighted by Crippen LogP contribution is 2.26. The van der Waals surface area contributed by atoms with Gasteiger partial charge < -0.3 is 9.80 Å². The number of benzene rings is 2. The Balaban J connectivity index is 1.34. The average molecular weight is 424 g/mol. The first-order chi connectivity index (χ1) is 15.8. The van der Waals surface area contributed by atoms with E-state index in [2.05, 4.69) is 28.1 Å². The smallest absolute Gasteiger partial charge is 0.244 e. The monoisotopic (exact) mass is 423 g/mol. The molecule has 1 amide bonds. The fourth-order valence-corrected chi connectivity index (χ4v) is 4.08. The van der Waals surface area contributed by atoms with E-state index in [1.54, 1.807) is 6.20 Å². The number of amides is 1. The van der Waals surface area contributed by atoms with Crippen LogP contribution in [0.3, 0.4) is 0 Å². The summed E-state index contributed by atoms with van der Waals surface area (Å²) in [6, 6.07) is 28.2. The Bertz CT molecular complexity index is 1170. The predicted molar refractivity (Wildman–Crippen MR) is 126 cm³/mol. The van der Waals surface area contributed by atoms with Crippen LogP contribution in [0.1, 0.15) is 0 Å². The Kier molecular flexibility index (Phi) is 5.66. The maximum Gasteiger partial charge on any atom is 0.244 e. The molecule has 0 saturated carbocycles. The van der Waals surface area contributed by atoms with E-state index >= 15 is 0 Å². The lowest BCUT2D eigenvalue weighted by Crippen LogP contribution is -2.49. The Morgan fingerprint density at radius 2 is 1.44 bits per heavy atom. The molecule has 6 heteroatoms. The molecular weight excluding hydrogens is 398 g/mol. The first kappa shape index (κ1) is 20.0. The van der Waals surface area contributed by atoms with Crippen molar-refractivity contribution in [2.24, 2.45) is 0 Å². The van der Waals surface area contributed by atoms with Gasteiger partial charge in [-0.2, -0.15) is 5.10 Å². The van der Waals surface area contributed by atoms with Gasteiger partial charge >= 0.3 is 0 Å². The van der Waals surface area contributed by atoms with Gasteiger partial charge in [-0.25, -0.2) is 4.98 Å². The molecule has 1 fully saturated rings. The molecule has 1 aliphatic rings. The second kappa shape index (κ2) is 9.06. The molecular formula is C26H25N5O. The Hall–Kier alpha value is -3.93. The first-order valence-electron chi connectivity index (χ1n) is 10.9. The summed E-state index contributed by atoms with van der Waals surface area (Å²) in [4.78, 5) is 21.7. The molecule has 160 valence electrons. The minimum absolute atomic E-state index is 0.0885. The van der Waals surface area contributed by atoms with Gasteiger partial charge in [-0.1, -0.05) is 66.7 Å². The van der Waals surface area contributed by atoms with Crippen molar-refractivity contribution < 1.29 is 4.79 Å². The largest absolute Gasteiger partial charge is 0.353 e. The third kappa shape index (κ3) is 4.25. The predicted octanol–water partition coefficient (Wildman–Crippen LogP) is 3.96. The molecule has 3 heterocycles. The number of hydrogen-bond donors (Lipinski definition) is 0. The molecule has 0 N–H and O–H groups in total. The normalized spacial score (nSPS) is 13.9. The molecule has 0 bridgehead atoms. The number of nitrogens with zero attached hydrogens (tertiary/aromatic N) is 5. The van der Waals surface area contributed by atoms with Gasteiger partial charge in [-0.15, -0.1) is 0 Å². The Morgan fingerprint density at radius 1 is 0.781 bits per heavy atom. The van der Waals surface area contributed by atoms with Gasteiger partial charge in [0.1, 0.15) is 12.4 Å². The van der Waals surface area contributed by atoms with Gasteiger partial charge in [0.25, 0.3) is 0 Å². The second-order valence-corrected chi connectivity index (χ2v) is 7.86. The summed E-state index contributed by atoms with van der Waals surface area (Å²) in [5.41, 5.74) is 3.91. The zero-order chi connectivity index (χ0) is 21.8. The SMILES string of the molecule is O=C(Cn1nc(-c2ccccc2)cc1-c1ccccc1)N1CCN(c2ccccn2)CC1. The molecule has 32 heavy (non-hydrogen) atoms. The van der Waals surface area contributed by atoms with Crippen LogP contribution in [0.25, 0.3) is 22.5 Å². The summed E-state index contributed by atoms with van der Waals surface area (Å²) in [5.74, 6) is 1.05. The van der Waals surface area contributed by atoms with Gasteiger partial charge in [0.05, 0.1) is 11.4 Å². The quantitative estimate of drug-likeness (QED) is 0.488. The molecule has 0 radical (unpaired) electrons. The minimum Gasteiger partial charge on any atom is -0.353 e. The molecule has 0 unspecified atom stereocenters. The molecule has 0 atom stereocenters. The van der Waals surface area contributed by atoms with Crippen LogP contribution in [0.5, 0.6) is 0 Å². The van der Waals surface area contributed by atoms with Gasteiger partial charge in [0, 0.05) is 37.9 Å². The lowest BCUT2D eigenvalue weighted by Gasteiger charge is -2.35. The maximum absolute atomic E-state index is 13.2. The third-order valence-electron chi connectivity index (χ3n) is 5.81. The van der Waals surface area contributed by atoms with Gasteiger partial charge in [0.2, 0.25) is 5.91 Å². The van der Waals surface area contributed by atoms with E-state index in [0.29, 0.717) is 13.1 Å². The van der Waals surface area contributed by atoms with Crippen molar-refractivity contribution in [1.29, 1.82) is 0 Å². The summed E-state index contributed by atoms with van der Waals surface area (Å²) in [6.07, 6.45) is 1.81. The van der Waals surface area contributed by atoms with E-state index in [9.17, 15) is 4.79 Å². The van der Waals surface area contributed by atoms with Crippen LogP contribution in [0.4, 0.5) is 5.82 Å². The first-order valence-corrected chi connectivity index (χ1v) is 10.9. The minimum atomic E-state index is 0.0885. The van der Waals surface area contributed by atoms with Crippen LogP contribution in [-0.4, -0.2) is 51.8 Å². The Morgan fingerprint density at radius 3 is 2.09 bits per heavy atom. The molecule has 5 rings (SSSR count). The number of carbonyl (C=O) groups excluding carboxylic acids is 1. The van der Waals surface area contributed by atoms with Gasteiger partial charge in [0.15, 0.2) is 0 Å². The summed E-state index contributed by atoms with van der Waals surface area (Å²) < 4.78 is 1.84. The van der Waals surface area contributed by atoms with Crippen LogP contribution in [0, 0.1) is 0 Å². The van der Waals surface area contributed by atoms with Crippen LogP contribution in [0.2, 0.25) is 0 Å². The topological polar surface area (TPSA) is 54.3 Å².